The largest absolute Gasteiger partial charge is 0.357 e. The highest BCUT2D eigenvalue weighted by Gasteiger charge is 2.29. The highest BCUT2D eigenvalue weighted by atomic mass is 32.1. The topological polar surface area (TPSA) is 52.6 Å². The molecule has 0 bridgehead atoms. The zero-order valence-corrected chi connectivity index (χ0v) is 17.4. The summed E-state index contributed by atoms with van der Waals surface area (Å²) in [5.41, 5.74) is 2.43. The van der Waals surface area contributed by atoms with Gasteiger partial charge in [-0.25, -0.2) is 9.98 Å². The van der Waals surface area contributed by atoms with Crippen molar-refractivity contribution >= 4 is 17.3 Å². The van der Waals surface area contributed by atoms with E-state index in [2.05, 4.69) is 77.0 Å². The van der Waals surface area contributed by atoms with Crippen molar-refractivity contribution in [3.05, 3.63) is 52.0 Å². The summed E-state index contributed by atoms with van der Waals surface area (Å²) >= 11 is 1.72. The molecule has 1 saturated heterocycles. The summed E-state index contributed by atoms with van der Waals surface area (Å²) < 4.78 is 0. The Bertz CT molecular complexity index is 727. The first-order valence-corrected chi connectivity index (χ1v) is 10.8. The van der Waals surface area contributed by atoms with Gasteiger partial charge in [-0.3, -0.25) is 4.90 Å². The zero-order valence-electron chi connectivity index (χ0n) is 16.6. The third-order valence-corrected chi connectivity index (χ3v) is 5.96. The van der Waals surface area contributed by atoms with Crippen LogP contribution < -0.4 is 10.6 Å². The maximum absolute atomic E-state index is 4.75. The predicted octanol–water partition coefficient (Wildman–Crippen LogP) is 3.42. The van der Waals surface area contributed by atoms with Crippen molar-refractivity contribution < 1.29 is 0 Å². The quantitative estimate of drug-likeness (QED) is 0.566. The van der Waals surface area contributed by atoms with Crippen LogP contribution in [0.15, 0.2) is 40.7 Å². The molecule has 0 spiro atoms. The molecule has 2 aromatic rings. The van der Waals surface area contributed by atoms with Crippen LogP contribution >= 0.6 is 11.3 Å². The lowest BCUT2D eigenvalue weighted by Gasteiger charge is -2.21. The number of hydrogen-bond acceptors (Lipinski definition) is 4. The number of likely N-dealkylation sites (tertiary alicyclic amines) is 1. The Balaban J connectivity index is 1.56. The molecule has 2 atom stereocenters. The summed E-state index contributed by atoms with van der Waals surface area (Å²) in [5, 5.41) is 10.3. The van der Waals surface area contributed by atoms with Gasteiger partial charge in [0.15, 0.2) is 5.96 Å². The minimum Gasteiger partial charge on any atom is -0.357 e. The van der Waals surface area contributed by atoms with Gasteiger partial charge in [0.05, 0.1) is 17.2 Å². The van der Waals surface area contributed by atoms with E-state index in [1.807, 2.05) is 0 Å². The van der Waals surface area contributed by atoms with Crippen molar-refractivity contribution in [3.63, 3.8) is 0 Å². The van der Waals surface area contributed by atoms with E-state index in [0.717, 1.165) is 44.1 Å². The average molecular weight is 386 g/mol. The number of aryl methyl sites for hydroxylation is 1. The van der Waals surface area contributed by atoms with Crippen molar-refractivity contribution in [2.45, 2.75) is 58.8 Å². The Hall–Kier alpha value is -1.92. The molecule has 0 aliphatic carbocycles. The maximum atomic E-state index is 4.75. The van der Waals surface area contributed by atoms with Crippen molar-refractivity contribution in [2.24, 2.45) is 4.99 Å². The first-order chi connectivity index (χ1) is 13.2. The van der Waals surface area contributed by atoms with E-state index >= 15 is 0 Å². The Morgan fingerprint density at radius 2 is 2.11 bits per heavy atom. The average Bonchev–Trinajstić information content (AvgIpc) is 3.27. The Kier molecular flexibility index (Phi) is 7.24. The Labute approximate surface area is 166 Å². The molecule has 1 aliphatic heterocycles. The van der Waals surface area contributed by atoms with E-state index in [1.165, 1.54) is 10.6 Å². The molecule has 2 unspecified atom stereocenters. The second kappa shape index (κ2) is 9.85. The molecule has 1 aromatic heterocycles. The van der Waals surface area contributed by atoms with Crippen molar-refractivity contribution in [1.82, 2.24) is 20.5 Å². The second-order valence-electron chi connectivity index (χ2n) is 7.12. The number of nitrogens with zero attached hydrogens (tertiary/aromatic N) is 3. The Morgan fingerprint density at radius 1 is 1.30 bits per heavy atom. The standard InChI is InChI=1S/C21H31N5S/c1-4-20-24-19(15-27-20)12-23-21(22-5-2)25-18-11-16(3)26(14-18)13-17-9-7-6-8-10-17/h6-10,15-16,18H,4-5,11-14H2,1-3H3,(H2,22,23,25). The van der Waals surface area contributed by atoms with Crippen molar-refractivity contribution in [1.29, 1.82) is 0 Å². The molecule has 0 radical (unpaired) electrons. The van der Waals surface area contributed by atoms with Crippen LogP contribution in [-0.4, -0.2) is 41.0 Å². The van der Waals surface area contributed by atoms with Crippen LogP contribution in [0.5, 0.6) is 0 Å². The molecule has 3 rings (SSSR count). The number of rotatable bonds is 7. The molecule has 2 N–H and O–H groups in total. The van der Waals surface area contributed by atoms with Crippen LogP contribution in [0.3, 0.4) is 0 Å². The van der Waals surface area contributed by atoms with E-state index in [0.29, 0.717) is 18.6 Å². The van der Waals surface area contributed by atoms with E-state index in [9.17, 15) is 0 Å². The lowest BCUT2D eigenvalue weighted by atomic mass is 10.2. The van der Waals surface area contributed by atoms with Gasteiger partial charge >= 0.3 is 0 Å². The third kappa shape index (κ3) is 5.78. The van der Waals surface area contributed by atoms with Crippen LogP contribution in [0.25, 0.3) is 0 Å². The summed E-state index contributed by atoms with van der Waals surface area (Å²) in [7, 11) is 0. The van der Waals surface area contributed by atoms with Gasteiger partial charge in [0.2, 0.25) is 0 Å². The maximum Gasteiger partial charge on any atom is 0.191 e. The zero-order chi connectivity index (χ0) is 19.1. The molecular weight excluding hydrogens is 354 g/mol. The van der Waals surface area contributed by atoms with Gasteiger partial charge in [-0.2, -0.15) is 0 Å². The van der Waals surface area contributed by atoms with Crippen LogP contribution in [-0.2, 0) is 19.5 Å². The number of guanidine groups is 1. The number of hydrogen-bond donors (Lipinski definition) is 2. The first-order valence-electron chi connectivity index (χ1n) is 9.94. The summed E-state index contributed by atoms with van der Waals surface area (Å²) in [6.45, 7) is 10.1. The van der Waals surface area contributed by atoms with Gasteiger partial charge in [-0.15, -0.1) is 11.3 Å². The minimum absolute atomic E-state index is 0.420. The molecule has 6 heteroatoms. The van der Waals surface area contributed by atoms with Gasteiger partial charge in [0.1, 0.15) is 0 Å². The van der Waals surface area contributed by atoms with Crippen molar-refractivity contribution in [2.75, 3.05) is 13.1 Å². The number of benzene rings is 1. The summed E-state index contributed by atoms with van der Waals surface area (Å²) in [6, 6.07) is 11.7. The summed E-state index contributed by atoms with van der Waals surface area (Å²) in [5.74, 6) is 0.891. The molecule has 1 aromatic carbocycles. The molecule has 0 amide bonds. The smallest absolute Gasteiger partial charge is 0.191 e. The number of aliphatic imine (C=N–C) groups is 1. The van der Waals surface area contributed by atoms with E-state index in [4.69, 9.17) is 4.99 Å². The van der Waals surface area contributed by atoms with Crippen LogP contribution in [0.2, 0.25) is 0 Å². The summed E-state index contributed by atoms with van der Waals surface area (Å²) in [6.07, 6.45) is 2.12. The fourth-order valence-electron chi connectivity index (χ4n) is 3.50. The molecule has 1 fully saturated rings. The van der Waals surface area contributed by atoms with Crippen LogP contribution in [0.4, 0.5) is 0 Å². The molecule has 2 heterocycles. The monoisotopic (exact) mass is 385 g/mol. The molecule has 1 aliphatic rings. The second-order valence-corrected chi connectivity index (χ2v) is 8.06. The van der Waals surface area contributed by atoms with Gasteiger partial charge < -0.3 is 10.6 Å². The highest BCUT2D eigenvalue weighted by molar-refractivity contribution is 7.09. The van der Waals surface area contributed by atoms with Gasteiger partial charge in [-0.05, 0) is 32.3 Å². The molecule has 27 heavy (non-hydrogen) atoms. The number of aromatic nitrogens is 1. The number of nitrogens with one attached hydrogen (secondary N) is 2. The fourth-order valence-corrected chi connectivity index (χ4v) is 4.23. The van der Waals surface area contributed by atoms with E-state index < -0.39 is 0 Å². The van der Waals surface area contributed by atoms with Crippen LogP contribution in [0.1, 0.15) is 43.5 Å². The van der Waals surface area contributed by atoms with Crippen molar-refractivity contribution in [3.8, 4) is 0 Å². The lowest BCUT2D eigenvalue weighted by molar-refractivity contribution is 0.258. The molecule has 146 valence electrons. The number of thiazole rings is 1. The van der Waals surface area contributed by atoms with E-state index in [-0.39, 0.29) is 0 Å². The fraction of sp³-hybridized carbons (Fsp3) is 0.524. The Morgan fingerprint density at radius 3 is 2.81 bits per heavy atom. The normalized spacial score (nSPS) is 20.8. The predicted molar refractivity (Wildman–Crippen MR) is 114 cm³/mol. The van der Waals surface area contributed by atoms with Crippen LogP contribution in [0, 0.1) is 0 Å². The highest BCUT2D eigenvalue weighted by Crippen LogP contribution is 2.20. The molecule has 5 nitrogen and oxygen atoms in total. The lowest BCUT2D eigenvalue weighted by Crippen LogP contribution is -2.44. The summed E-state index contributed by atoms with van der Waals surface area (Å²) in [4.78, 5) is 11.9. The molecule has 0 saturated carbocycles. The SMILES string of the molecule is CCNC(=NCc1csc(CC)n1)NC1CC(C)N(Cc2ccccc2)C1. The first kappa shape index (κ1) is 19.8. The third-order valence-electron chi connectivity index (χ3n) is 4.92. The van der Waals surface area contributed by atoms with Gasteiger partial charge in [0.25, 0.3) is 0 Å². The van der Waals surface area contributed by atoms with Gasteiger partial charge in [-0.1, -0.05) is 37.3 Å². The van der Waals surface area contributed by atoms with E-state index in [1.54, 1.807) is 11.3 Å². The molecular formula is C21H31N5S. The minimum atomic E-state index is 0.420. The van der Waals surface area contributed by atoms with Gasteiger partial charge in [0, 0.05) is 37.1 Å².